The monoisotopic (exact) mass is 248 g/mol. The van der Waals surface area contributed by atoms with Crippen LogP contribution in [0.15, 0.2) is 24.2 Å². The standard InChI is InChI=1S/C10H11N5O3/c1-4-6(16)7(17)10(18-4)15-3-14-5-8(11)12-2-13-9(5)15/h2-3,7,10,16-17H,1H3,(H2,11,12,13)/p-1/t7?,10-/m1/s1. The number of allylic oxidation sites excluding steroid dienone is 1. The minimum Gasteiger partial charge on any atom is -0.871 e. The number of nitrogen functional groups attached to an aromatic ring is 1. The molecule has 0 spiro atoms. The van der Waals surface area contributed by atoms with E-state index >= 15 is 0 Å². The van der Waals surface area contributed by atoms with Crippen LogP contribution in [0.4, 0.5) is 5.82 Å². The number of hydrogen-bond donors (Lipinski definition) is 2. The van der Waals surface area contributed by atoms with Gasteiger partial charge in [0.15, 0.2) is 11.5 Å². The number of fused-ring (bicyclic) bond motifs is 1. The molecule has 0 bridgehead atoms. The molecule has 18 heavy (non-hydrogen) atoms. The largest absolute Gasteiger partial charge is 0.871 e. The Kier molecular flexibility index (Phi) is 2.14. The van der Waals surface area contributed by atoms with Gasteiger partial charge in [0.2, 0.25) is 6.23 Å². The fourth-order valence-corrected chi connectivity index (χ4v) is 1.91. The molecule has 0 saturated carbocycles. The van der Waals surface area contributed by atoms with E-state index in [0.29, 0.717) is 11.2 Å². The van der Waals surface area contributed by atoms with Crippen molar-refractivity contribution in [1.29, 1.82) is 0 Å². The number of rotatable bonds is 1. The normalized spacial score (nSPS) is 23.7. The van der Waals surface area contributed by atoms with Crippen LogP contribution in [0.25, 0.3) is 11.2 Å². The molecule has 8 heteroatoms. The first-order valence-corrected chi connectivity index (χ1v) is 5.25. The number of nitrogens with zero attached hydrogens (tertiary/aromatic N) is 4. The van der Waals surface area contributed by atoms with Crippen LogP contribution in [-0.4, -0.2) is 30.7 Å². The molecule has 3 rings (SSSR count). The van der Waals surface area contributed by atoms with Gasteiger partial charge in [0.25, 0.3) is 0 Å². The first-order chi connectivity index (χ1) is 8.59. The second kappa shape index (κ2) is 3.57. The third-order valence-electron chi connectivity index (χ3n) is 2.84. The molecule has 0 saturated heterocycles. The van der Waals surface area contributed by atoms with E-state index in [9.17, 15) is 10.2 Å². The molecule has 8 nitrogen and oxygen atoms in total. The van der Waals surface area contributed by atoms with E-state index in [1.165, 1.54) is 24.1 Å². The number of anilines is 1. The fourth-order valence-electron chi connectivity index (χ4n) is 1.91. The number of aliphatic hydroxyl groups is 1. The van der Waals surface area contributed by atoms with Gasteiger partial charge in [-0.15, -0.1) is 0 Å². The first-order valence-electron chi connectivity index (χ1n) is 5.25. The van der Waals surface area contributed by atoms with E-state index in [0.717, 1.165) is 0 Å². The van der Waals surface area contributed by atoms with Crippen molar-refractivity contribution >= 4 is 17.0 Å². The number of aliphatic hydroxyl groups excluding tert-OH is 1. The molecular formula is C10H10N5O3-. The highest BCUT2D eigenvalue weighted by Gasteiger charge is 2.31. The van der Waals surface area contributed by atoms with Crippen LogP contribution in [0, 0.1) is 0 Å². The molecule has 0 fully saturated rings. The zero-order chi connectivity index (χ0) is 12.9. The molecule has 1 aliphatic heterocycles. The molecule has 2 atom stereocenters. The maximum absolute atomic E-state index is 11.5. The summed E-state index contributed by atoms with van der Waals surface area (Å²) in [6.45, 7) is 1.51. The van der Waals surface area contributed by atoms with E-state index in [-0.39, 0.29) is 11.6 Å². The Morgan fingerprint density at radius 1 is 1.44 bits per heavy atom. The van der Waals surface area contributed by atoms with Crippen LogP contribution in [0.5, 0.6) is 0 Å². The highest BCUT2D eigenvalue weighted by atomic mass is 16.5. The van der Waals surface area contributed by atoms with Crippen molar-refractivity contribution in [2.45, 2.75) is 19.3 Å². The molecule has 0 aliphatic carbocycles. The van der Waals surface area contributed by atoms with Crippen molar-refractivity contribution in [2.75, 3.05) is 5.73 Å². The minimum atomic E-state index is -1.27. The lowest BCUT2D eigenvalue weighted by molar-refractivity contribution is -0.320. The van der Waals surface area contributed by atoms with Gasteiger partial charge in [0, 0.05) is 0 Å². The van der Waals surface area contributed by atoms with Crippen molar-refractivity contribution in [3.8, 4) is 0 Å². The van der Waals surface area contributed by atoms with Gasteiger partial charge >= 0.3 is 0 Å². The number of nitrogens with two attached hydrogens (primary N) is 1. The highest BCUT2D eigenvalue weighted by Crippen LogP contribution is 2.31. The maximum Gasteiger partial charge on any atom is 0.207 e. The summed E-state index contributed by atoms with van der Waals surface area (Å²) in [6, 6.07) is 0. The van der Waals surface area contributed by atoms with Crippen LogP contribution in [-0.2, 0) is 4.74 Å². The SMILES string of the molecule is CC1=C([O-])C(O)[C@H](n2cnc3c(N)ncnc32)O1. The zero-order valence-electron chi connectivity index (χ0n) is 9.44. The van der Waals surface area contributed by atoms with Gasteiger partial charge in [-0.2, -0.15) is 0 Å². The fraction of sp³-hybridized carbons (Fsp3) is 0.300. The van der Waals surface area contributed by atoms with Gasteiger partial charge in [-0.1, -0.05) is 5.76 Å². The number of aromatic nitrogens is 4. The first kappa shape index (κ1) is 10.8. The van der Waals surface area contributed by atoms with Crippen LogP contribution in [0.1, 0.15) is 13.2 Å². The second-order valence-corrected chi connectivity index (χ2v) is 3.96. The molecule has 2 aromatic rings. The number of hydrogen-bond acceptors (Lipinski definition) is 7. The Labute approximate surface area is 101 Å². The maximum atomic E-state index is 11.5. The number of ether oxygens (including phenoxy) is 1. The van der Waals surface area contributed by atoms with E-state index in [2.05, 4.69) is 15.0 Å². The third kappa shape index (κ3) is 1.32. The molecular weight excluding hydrogens is 238 g/mol. The molecule has 0 radical (unpaired) electrons. The highest BCUT2D eigenvalue weighted by molar-refractivity contribution is 5.81. The van der Waals surface area contributed by atoms with E-state index in [4.69, 9.17) is 10.5 Å². The van der Waals surface area contributed by atoms with Gasteiger partial charge < -0.3 is 20.7 Å². The van der Waals surface area contributed by atoms with Gasteiger partial charge in [0.05, 0.1) is 5.76 Å². The zero-order valence-corrected chi connectivity index (χ0v) is 9.44. The third-order valence-corrected chi connectivity index (χ3v) is 2.84. The lowest BCUT2D eigenvalue weighted by Gasteiger charge is -2.19. The van der Waals surface area contributed by atoms with Crippen molar-refractivity contribution in [3.63, 3.8) is 0 Å². The van der Waals surface area contributed by atoms with E-state index in [1.807, 2.05) is 0 Å². The smallest absolute Gasteiger partial charge is 0.207 e. The molecule has 94 valence electrons. The summed E-state index contributed by atoms with van der Waals surface area (Å²) in [6.07, 6.45) is 0.570. The molecule has 3 N–H and O–H groups in total. The topological polar surface area (TPSA) is 122 Å². The molecule has 3 heterocycles. The molecule has 1 unspecified atom stereocenters. The predicted molar refractivity (Wildman–Crippen MR) is 58.6 cm³/mol. The molecule has 1 aliphatic rings. The average Bonchev–Trinajstić information content (AvgIpc) is 2.88. The quantitative estimate of drug-likeness (QED) is 0.656. The van der Waals surface area contributed by atoms with E-state index in [1.54, 1.807) is 0 Å². The Hall–Kier alpha value is -2.35. The summed E-state index contributed by atoms with van der Waals surface area (Å²) in [5.41, 5.74) is 6.47. The minimum absolute atomic E-state index is 0.163. The van der Waals surface area contributed by atoms with Crippen molar-refractivity contribution in [3.05, 3.63) is 24.2 Å². The number of imidazole rings is 1. The van der Waals surface area contributed by atoms with Crippen molar-refractivity contribution < 1.29 is 14.9 Å². The Bertz CT molecular complexity index is 650. The summed E-state index contributed by atoms with van der Waals surface area (Å²) in [4.78, 5) is 11.9. The second-order valence-electron chi connectivity index (χ2n) is 3.96. The Morgan fingerprint density at radius 3 is 2.89 bits per heavy atom. The Morgan fingerprint density at radius 2 is 2.22 bits per heavy atom. The summed E-state index contributed by atoms with van der Waals surface area (Å²) < 4.78 is 6.78. The van der Waals surface area contributed by atoms with Gasteiger partial charge in [-0.3, -0.25) is 4.57 Å². The summed E-state index contributed by atoms with van der Waals surface area (Å²) in [5.74, 6) is -0.0430. The van der Waals surface area contributed by atoms with E-state index < -0.39 is 18.1 Å². The van der Waals surface area contributed by atoms with Crippen LogP contribution < -0.4 is 10.8 Å². The summed E-state index contributed by atoms with van der Waals surface area (Å²) in [5, 5.41) is 21.3. The van der Waals surface area contributed by atoms with Gasteiger partial charge in [-0.25, -0.2) is 15.0 Å². The van der Waals surface area contributed by atoms with Crippen LogP contribution >= 0.6 is 0 Å². The van der Waals surface area contributed by atoms with Gasteiger partial charge in [-0.05, 0) is 6.92 Å². The van der Waals surface area contributed by atoms with Crippen molar-refractivity contribution in [2.24, 2.45) is 0 Å². The van der Waals surface area contributed by atoms with Crippen LogP contribution in [0.2, 0.25) is 0 Å². The predicted octanol–water partition coefficient (Wildman–Crippen LogP) is -1.11. The molecule has 0 amide bonds. The lowest BCUT2D eigenvalue weighted by Crippen LogP contribution is -2.26. The van der Waals surface area contributed by atoms with Crippen molar-refractivity contribution in [1.82, 2.24) is 19.5 Å². The Balaban J connectivity index is 2.10. The summed E-state index contributed by atoms with van der Waals surface area (Å²) in [7, 11) is 0. The van der Waals surface area contributed by atoms with Gasteiger partial charge in [0.1, 0.15) is 24.3 Å². The lowest BCUT2D eigenvalue weighted by atomic mass is 10.3. The molecule has 0 aromatic carbocycles. The summed E-state index contributed by atoms with van der Waals surface area (Å²) >= 11 is 0. The average molecular weight is 248 g/mol. The molecule has 2 aromatic heterocycles. The van der Waals surface area contributed by atoms with Crippen LogP contribution in [0.3, 0.4) is 0 Å².